The quantitative estimate of drug-likeness (QED) is 0.656. The Kier molecular flexibility index (Phi) is 7.57. The summed E-state index contributed by atoms with van der Waals surface area (Å²) in [5, 5.41) is 8.45. The van der Waals surface area contributed by atoms with E-state index in [1.54, 1.807) is 0 Å². The molecule has 0 aliphatic carbocycles. The van der Waals surface area contributed by atoms with Gasteiger partial charge in [-0.15, -0.1) is 0 Å². The van der Waals surface area contributed by atoms with Gasteiger partial charge in [-0.25, -0.2) is 0 Å². The molecule has 0 saturated heterocycles. The molecule has 7 heteroatoms. The zero-order valence-electron chi connectivity index (χ0n) is 8.79. The first-order valence-corrected chi connectivity index (χ1v) is 6.11. The second-order valence-corrected chi connectivity index (χ2v) is 4.60. The lowest BCUT2D eigenvalue weighted by atomic mass is 10.2. The number of carbonyl (C=O) groups is 1. The molecule has 0 fully saturated rings. The van der Waals surface area contributed by atoms with Crippen molar-refractivity contribution in [1.29, 1.82) is 0 Å². The molecule has 0 rings (SSSR count). The summed E-state index contributed by atoms with van der Waals surface area (Å²) in [6.07, 6.45) is -3.51. The van der Waals surface area contributed by atoms with Crippen molar-refractivity contribution in [2.75, 3.05) is 11.5 Å². The Morgan fingerprint density at radius 2 is 1.94 bits per heavy atom. The van der Waals surface area contributed by atoms with Crippen LogP contribution < -0.4 is 5.73 Å². The maximum absolute atomic E-state index is 11.7. The standard InChI is InChI=1S/C9H16F3NO2S/c10-9(11,12)4-2-1-3-5-16-6-7(13)8(14)15/h7H,1-6,13H2,(H,14,15)/t7-/m1/s1. The van der Waals surface area contributed by atoms with Crippen LogP contribution in [0.2, 0.25) is 0 Å². The number of hydrogen-bond donors (Lipinski definition) is 2. The van der Waals surface area contributed by atoms with Crippen LogP contribution in [0.25, 0.3) is 0 Å². The van der Waals surface area contributed by atoms with Crippen molar-refractivity contribution in [3.8, 4) is 0 Å². The van der Waals surface area contributed by atoms with Crippen molar-refractivity contribution in [2.45, 2.75) is 37.9 Å². The monoisotopic (exact) mass is 259 g/mol. The molecule has 0 amide bonds. The van der Waals surface area contributed by atoms with E-state index < -0.39 is 24.6 Å². The van der Waals surface area contributed by atoms with Gasteiger partial charge in [-0.05, 0) is 18.6 Å². The first-order chi connectivity index (χ1) is 7.33. The molecule has 0 heterocycles. The van der Waals surface area contributed by atoms with E-state index in [-0.39, 0.29) is 6.42 Å². The van der Waals surface area contributed by atoms with E-state index in [9.17, 15) is 18.0 Å². The molecule has 3 nitrogen and oxygen atoms in total. The molecule has 1 atom stereocenters. The first kappa shape index (κ1) is 15.6. The molecule has 0 aliphatic heterocycles. The molecule has 3 N–H and O–H groups in total. The van der Waals surface area contributed by atoms with E-state index in [2.05, 4.69) is 0 Å². The normalized spacial score (nSPS) is 13.8. The Hall–Kier alpha value is -0.430. The zero-order valence-corrected chi connectivity index (χ0v) is 9.61. The maximum atomic E-state index is 11.7. The summed E-state index contributed by atoms with van der Waals surface area (Å²) in [7, 11) is 0. The number of hydrogen-bond acceptors (Lipinski definition) is 3. The third-order valence-electron chi connectivity index (χ3n) is 1.86. The summed E-state index contributed by atoms with van der Waals surface area (Å²) in [6.45, 7) is 0. The fourth-order valence-electron chi connectivity index (χ4n) is 0.988. The average molecular weight is 259 g/mol. The van der Waals surface area contributed by atoms with Crippen LogP contribution in [0.3, 0.4) is 0 Å². The van der Waals surface area contributed by atoms with Gasteiger partial charge in [-0.3, -0.25) is 4.79 Å². The Bertz CT molecular complexity index is 211. The van der Waals surface area contributed by atoms with Crippen LogP contribution in [0.1, 0.15) is 25.7 Å². The van der Waals surface area contributed by atoms with Gasteiger partial charge in [-0.1, -0.05) is 6.42 Å². The Balaban J connectivity index is 3.25. The van der Waals surface area contributed by atoms with Gasteiger partial charge in [0, 0.05) is 12.2 Å². The van der Waals surface area contributed by atoms with Crippen LogP contribution >= 0.6 is 11.8 Å². The third kappa shape index (κ3) is 10.1. The van der Waals surface area contributed by atoms with Crippen molar-refractivity contribution in [2.24, 2.45) is 5.73 Å². The second kappa shape index (κ2) is 7.78. The molecule has 0 aromatic carbocycles. The van der Waals surface area contributed by atoms with Gasteiger partial charge in [0.2, 0.25) is 0 Å². The largest absolute Gasteiger partial charge is 0.480 e. The molecule has 0 spiro atoms. The van der Waals surface area contributed by atoms with E-state index in [0.29, 0.717) is 24.3 Å². The van der Waals surface area contributed by atoms with Crippen LogP contribution in [0.4, 0.5) is 13.2 Å². The Morgan fingerprint density at radius 1 is 1.31 bits per heavy atom. The molecular formula is C9H16F3NO2S. The molecule has 96 valence electrons. The van der Waals surface area contributed by atoms with Gasteiger partial charge in [0.15, 0.2) is 0 Å². The lowest BCUT2D eigenvalue weighted by Gasteiger charge is -2.07. The summed E-state index contributed by atoms with van der Waals surface area (Å²) in [5.41, 5.74) is 5.25. The number of aliphatic carboxylic acids is 1. The van der Waals surface area contributed by atoms with Gasteiger partial charge in [-0.2, -0.15) is 24.9 Å². The molecule has 0 bridgehead atoms. The van der Waals surface area contributed by atoms with E-state index in [1.807, 2.05) is 0 Å². The Labute approximate surface area is 96.6 Å². The summed E-state index contributed by atoms with van der Waals surface area (Å²) in [4.78, 5) is 10.3. The first-order valence-electron chi connectivity index (χ1n) is 4.96. The van der Waals surface area contributed by atoms with Gasteiger partial charge in [0.1, 0.15) is 6.04 Å². The topological polar surface area (TPSA) is 63.3 Å². The summed E-state index contributed by atoms with van der Waals surface area (Å²) in [5.74, 6) is -0.0995. The molecule has 0 aliphatic rings. The number of thioether (sulfide) groups is 1. The van der Waals surface area contributed by atoms with E-state index in [1.165, 1.54) is 11.8 Å². The lowest BCUT2D eigenvalue weighted by Crippen LogP contribution is -2.32. The van der Waals surface area contributed by atoms with Crippen LogP contribution in [-0.2, 0) is 4.79 Å². The number of carboxylic acids is 1. The van der Waals surface area contributed by atoms with E-state index >= 15 is 0 Å². The molecule has 0 unspecified atom stereocenters. The number of carboxylic acid groups (broad SMARTS) is 1. The van der Waals surface area contributed by atoms with Crippen LogP contribution in [0.15, 0.2) is 0 Å². The number of rotatable bonds is 8. The molecule has 16 heavy (non-hydrogen) atoms. The summed E-state index contributed by atoms with van der Waals surface area (Å²) < 4.78 is 35.2. The van der Waals surface area contributed by atoms with Crippen LogP contribution in [0, 0.1) is 0 Å². The molecule has 0 aromatic rings. The van der Waals surface area contributed by atoms with Crippen LogP contribution in [0.5, 0.6) is 0 Å². The highest BCUT2D eigenvalue weighted by molar-refractivity contribution is 7.99. The zero-order chi connectivity index (χ0) is 12.6. The maximum Gasteiger partial charge on any atom is 0.389 e. The summed E-state index contributed by atoms with van der Waals surface area (Å²) in [6, 6.07) is -0.889. The Morgan fingerprint density at radius 3 is 2.44 bits per heavy atom. The van der Waals surface area contributed by atoms with Crippen molar-refractivity contribution < 1.29 is 23.1 Å². The predicted octanol–water partition coefficient (Wildman–Crippen LogP) is 2.25. The van der Waals surface area contributed by atoms with Crippen molar-refractivity contribution in [1.82, 2.24) is 0 Å². The predicted molar refractivity (Wildman–Crippen MR) is 57.5 cm³/mol. The van der Waals surface area contributed by atoms with E-state index in [4.69, 9.17) is 10.8 Å². The minimum atomic E-state index is -4.07. The van der Waals surface area contributed by atoms with Crippen molar-refractivity contribution >= 4 is 17.7 Å². The number of nitrogens with two attached hydrogens (primary N) is 1. The molecule has 0 saturated carbocycles. The van der Waals surface area contributed by atoms with Gasteiger partial charge in [0.25, 0.3) is 0 Å². The minimum absolute atomic E-state index is 0.134. The SMILES string of the molecule is N[C@H](CSCCCCCC(F)(F)F)C(=O)O. The van der Waals surface area contributed by atoms with Crippen molar-refractivity contribution in [3.05, 3.63) is 0 Å². The second-order valence-electron chi connectivity index (χ2n) is 3.45. The highest BCUT2D eigenvalue weighted by atomic mass is 32.2. The highest BCUT2D eigenvalue weighted by Gasteiger charge is 2.25. The van der Waals surface area contributed by atoms with Gasteiger partial charge >= 0.3 is 12.1 Å². The molecule has 0 radical (unpaired) electrons. The number of alkyl halides is 3. The van der Waals surface area contributed by atoms with Crippen molar-refractivity contribution in [3.63, 3.8) is 0 Å². The minimum Gasteiger partial charge on any atom is -0.480 e. The highest BCUT2D eigenvalue weighted by Crippen LogP contribution is 2.22. The van der Waals surface area contributed by atoms with Gasteiger partial charge in [0.05, 0.1) is 0 Å². The van der Waals surface area contributed by atoms with Crippen LogP contribution in [-0.4, -0.2) is 34.8 Å². The molecule has 0 aromatic heterocycles. The van der Waals surface area contributed by atoms with E-state index in [0.717, 1.165) is 0 Å². The number of unbranched alkanes of at least 4 members (excludes halogenated alkanes) is 2. The fraction of sp³-hybridized carbons (Fsp3) is 0.889. The average Bonchev–Trinajstić information content (AvgIpc) is 2.14. The number of halogens is 3. The third-order valence-corrected chi connectivity index (χ3v) is 3.04. The smallest absolute Gasteiger partial charge is 0.389 e. The molecular weight excluding hydrogens is 243 g/mol. The fourth-order valence-corrected chi connectivity index (χ4v) is 1.96. The van der Waals surface area contributed by atoms with Gasteiger partial charge < -0.3 is 10.8 Å². The lowest BCUT2D eigenvalue weighted by molar-refractivity contribution is -0.138. The summed E-state index contributed by atoms with van der Waals surface area (Å²) >= 11 is 1.36.